The summed E-state index contributed by atoms with van der Waals surface area (Å²) in [5, 5.41) is 22.2. The molecule has 0 bridgehead atoms. The van der Waals surface area contributed by atoms with Crippen LogP contribution in [-0.4, -0.2) is 9.85 Å². The van der Waals surface area contributed by atoms with Crippen LogP contribution in [-0.2, 0) is 0 Å². The molecule has 0 amide bonds. The lowest BCUT2D eigenvalue weighted by atomic mass is 9.94. The molecule has 0 saturated carbocycles. The SMILES string of the molecule is O=[N+]([O-])c1cc(-c2ccccc2-c2ccccc2)cc([N+](=O)[O-])c1. The van der Waals surface area contributed by atoms with Gasteiger partial charge in [0.05, 0.1) is 15.9 Å². The zero-order valence-corrected chi connectivity index (χ0v) is 12.5. The third kappa shape index (κ3) is 2.98. The second kappa shape index (κ2) is 6.29. The van der Waals surface area contributed by atoms with Gasteiger partial charge in [-0.15, -0.1) is 0 Å². The van der Waals surface area contributed by atoms with Gasteiger partial charge < -0.3 is 0 Å². The molecular weight excluding hydrogens is 308 g/mol. The average Bonchev–Trinajstić information content (AvgIpc) is 2.62. The number of nitrogens with zero attached hydrogens (tertiary/aromatic N) is 2. The first-order valence-corrected chi connectivity index (χ1v) is 7.15. The molecule has 0 aliphatic rings. The van der Waals surface area contributed by atoms with Crippen molar-refractivity contribution in [1.82, 2.24) is 0 Å². The summed E-state index contributed by atoms with van der Waals surface area (Å²) in [6, 6.07) is 20.5. The molecule has 3 rings (SSSR count). The predicted octanol–water partition coefficient (Wildman–Crippen LogP) is 4.84. The minimum absolute atomic E-state index is 0.304. The molecular formula is C18H12N2O4. The molecule has 3 aromatic carbocycles. The molecule has 0 aromatic heterocycles. The van der Waals surface area contributed by atoms with E-state index in [1.807, 2.05) is 42.5 Å². The summed E-state index contributed by atoms with van der Waals surface area (Å²) in [5.41, 5.74) is 2.32. The van der Waals surface area contributed by atoms with E-state index in [0.29, 0.717) is 11.1 Å². The van der Waals surface area contributed by atoms with Crippen LogP contribution in [0, 0.1) is 20.2 Å². The van der Waals surface area contributed by atoms with Gasteiger partial charge >= 0.3 is 0 Å². The van der Waals surface area contributed by atoms with Gasteiger partial charge in [-0.3, -0.25) is 20.2 Å². The number of non-ortho nitro benzene ring substituents is 2. The van der Waals surface area contributed by atoms with E-state index >= 15 is 0 Å². The van der Waals surface area contributed by atoms with Crippen LogP contribution < -0.4 is 0 Å². The van der Waals surface area contributed by atoms with Gasteiger partial charge in [0.25, 0.3) is 11.4 Å². The Morgan fingerprint density at radius 1 is 0.583 bits per heavy atom. The quantitative estimate of drug-likeness (QED) is 0.508. The standard InChI is InChI=1S/C18H12N2O4/c21-19(22)15-10-14(11-16(12-15)20(23)24)18-9-5-4-8-17(18)13-6-2-1-3-7-13/h1-12H. The Balaban J connectivity index is 2.23. The second-order valence-electron chi connectivity index (χ2n) is 5.16. The lowest BCUT2D eigenvalue weighted by molar-refractivity contribution is -0.394. The Hall–Kier alpha value is -3.54. The summed E-state index contributed by atoms with van der Waals surface area (Å²) in [4.78, 5) is 20.9. The number of hydrogen-bond acceptors (Lipinski definition) is 4. The third-order valence-corrected chi connectivity index (χ3v) is 3.65. The topological polar surface area (TPSA) is 86.3 Å². The molecule has 0 spiro atoms. The Morgan fingerprint density at radius 2 is 1.04 bits per heavy atom. The van der Waals surface area contributed by atoms with Crippen molar-refractivity contribution in [2.75, 3.05) is 0 Å². The smallest absolute Gasteiger partial charge is 0.258 e. The van der Waals surface area contributed by atoms with E-state index in [1.54, 1.807) is 12.1 Å². The molecule has 0 aliphatic carbocycles. The van der Waals surface area contributed by atoms with Crippen LogP contribution in [0.5, 0.6) is 0 Å². The molecule has 118 valence electrons. The highest BCUT2D eigenvalue weighted by atomic mass is 16.6. The normalized spacial score (nSPS) is 10.3. The fourth-order valence-electron chi connectivity index (χ4n) is 2.57. The molecule has 0 fully saturated rings. The maximum atomic E-state index is 11.1. The van der Waals surface area contributed by atoms with Gasteiger partial charge in [-0.2, -0.15) is 0 Å². The van der Waals surface area contributed by atoms with Gasteiger partial charge in [0, 0.05) is 12.1 Å². The van der Waals surface area contributed by atoms with E-state index in [9.17, 15) is 20.2 Å². The van der Waals surface area contributed by atoms with Crippen molar-refractivity contribution in [2.45, 2.75) is 0 Å². The van der Waals surface area contributed by atoms with Gasteiger partial charge in [0.1, 0.15) is 0 Å². The lowest BCUT2D eigenvalue weighted by Gasteiger charge is -2.10. The molecule has 0 heterocycles. The van der Waals surface area contributed by atoms with E-state index in [-0.39, 0.29) is 11.4 Å². The largest absolute Gasteiger partial charge is 0.276 e. The van der Waals surface area contributed by atoms with Crippen LogP contribution >= 0.6 is 0 Å². The Kier molecular flexibility index (Phi) is 4.03. The Morgan fingerprint density at radius 3 is 1.54 bits per heavy atom. The van der Waals surface area contributed by atoms with Crippen LogP contribution in [0.15, 0.2) is 72.8 Å². The fraction of sp³-hybridized carbons (Fsp3) is 0. The number of benzene rings is 3. The van der Waals surface area contributed by atoms with E-state index in [1.165, 1.54) is 12.1 Å². The highest BCUT2D eigenvalue weighted by Gasteiger charge is 2.18. The zero-order chi connectivity index (χ0) is 17.1. The van der Waals surface area contributed by atoms with Crippen molar-refractivity contribution in [1.29, 1.82) is 0 Å². The van der Waals surface area contributed by atoms with Crippen molar-refractivity contribution >= 4 is 11.4 Å². The van der Waals surface area contributed by atoms with Crippen LogP contribution in [0.2, 0.25) is 0 Å². The Bertz CT molecular complexity index is 891. The number of rotatable bonds is 4. The molecule has 0 unspecified atom stereocenters. The summed E-state index contributed by atoms with van der Waals surface area (Å²) < 4.78 is 0. The molecule has 24 heavy (non-hydrogen) atoms. The van der Waals surface area contributed by atoms with Gasteiger partial charge in [-0.25, -0.2) is 0 Å². The molecule has 0 N–H and O–H groups in total. The van der Waals surface area contributed by atoms with E-state index < -0.39 is 9.85 Å². The van der Waals surface area contributed by atoms with Gasteiger partial charge in [0.2, 0.25) is 0 Å². The summed E-state index contributed by atoms with van der Waals surface area (Å²) in [6.45, 7) is 0. The van der Waals surface area contributed by atoms with E-state index in [2.05, 4.69) is 0 Å². The van der Waals surface area contributed by atoms with Crippen LogP contribution in [0.4, 0.5) is 11.4 Å². The summed E-state index contributed by atoms with van der Waals surface area (Å²) in [6.07, 6.45) is 0. The molecule has 0 saturated heterocycles. The van der Waals surface area contributed by atoms with Crippen LogP contribution in [0.3, 0.4) is 0 Å². The van der Waals surface area contributed by atoms with Crippen molar-refractivity contribution in [3.63, 3.8) is 0 Å². The predicted molar refractivity (Wildman–Crippen MR) is 90.6 cm³/mol. The van der Waals surface area contributed by atoms with Crippen molar-refractivity contribution in [2.24, 2.45) is 0 Å². The molecule has 0 aliphatic heterocycles. The van der Waals surface area contributed by atoms with E-state index in [0.717, 1.165) is 17.2 Å². The van der Waals surface area contributed by atoms with Crippen molar-refractivity contribution in [3.8, 4) is 22.3 Å². The number of nitro groups is 2. The first-order chi connectivity index (χ1) is 11.6. The zero-order valence-electron chi connectivity index (χ0n) is 12.5. The monoisotopic (exact) mass is 320 g/mol. The van der Waals surface area contributed by atoms with Crippen molar-refractivity contribution < 1.29 is 9.85 Å². The molecule has 6 nitrogen and oxygen atoms in total. The number of nitro benzene ring substituents is 2. The maximum absolute atomic E-state index is 11.1. The molecule has 3 aromatic rings. The highest BCUT2D eigenvalue weighted by molar-refractivity contribution is 5.85. The minimum Gasteiger partial charge on any atom is -0.258 e. The number of hydrogen-bond donors (Lipinski definition) is 0. The minimum atomic E-state index is -0.623. The summed E-state index contributed by atoms with van der Waals surface area (Å²) >= 11 is 0. The lowest BCUT2D eigenvalue weighted by Crippen LogP contribution is -1.94. The first kappa shape index (κ1) is 15.4. The highest BCUT2D eigenvalue weighted by Crippen LogP contribution is 2.35. The van der Waals surface area contributed by atoms with E-state index in [4.69, 9.17) is 0 Å². The molecule has 0 atom stereocenters. The van der Waals surface area contributed by atoms with Gasteiger partial charge in [-0.1, -0.05) is 54.6 Å². The first-order valence-electron chi connectivity index (χ1n) is 7.15. The summed E-state index contributed by atoms with van der Waals surface area (Å²) in [7, 11) is 0. The average molecular weight is 320 g/mol. The maximum Gasteiger partial charge on any atom is 0.276 e. The van der Waals surface area contributed by atoms with Crippen molar-refractivity contribution in [3.05, 3.63) is 93.0 Å². The molecule has 0 radical (unpaired) electrons. The van der Waals surface area contributed by atoms with Crippen LogP contribution in [0.25, 0.3) is 22.3 Å². The Labute approximate surface area is 137 Å². The summed E-state index contributed by atoms with van der Waals surface area (Å²) in [5.74, 6) is 0. The molecule has 6 heteroatoms. The van der Waals surface area contributed by atoms with Crippen LogP contribution in [0.1, 0.15) is 0 Å². The van der Waals surface area contributed by atoms with Gasteiger partial charge in [0.15, 0.2) is 0 Å². The fourth-order valence-corrected chi connectivity index (χ4v) is 2.57. The second-order valence-corrected chi connectivity index (χ2v) is 5.16. The van der Waals surface area contributed by atoms with Gasteiger partial charge in [-0.05, 0) is 22.3 Å². The third-order valence-electron chi connectivity index (χ3n) is 3.65.